The molecule has 0 aromatic rings. The molecule has 2 unspecified atom stereocenters. The van der Waals surface area contributed by atoms with Crippen LogP contribution in [-0.2, 0) is 0 Å². The summed E-state index contributed by atoms with van der Waals surface area (Å²) in [5.41, 5.74) is 5.95. The molecule has 2 nitrogen and oxygen atoms in total. The average Bonchev–Trinajstić information content (AvgIpc) is 2.18. The molecule has 0 saturated heterocycles. The fourth-order valence-electron chi connectivity index (χ4n) is 1.83. The van der Waals surface area contributed by atoms with Gasteiger partial charge in [-0.15, -0.1) is 0 Å². The summed E-state index contributed by atoms with van der Waals surface area (Å²) in [5.74, 6) is 0. The summed E-state index contributed by atoms with van der Waals surface area (Å²) in [6.45, 7) is 7.80. The molecule has 0 aliphatic heterocycles. The topological polar surface area (TPSA) is 38.0 Å². The standard InChI is InChI=1S/C13H30N2/c1-4-6-7-9-12(3)15-11-10-13(14)8-5-2/h12-13,15H,4-11,14H2,1-3H3. The maximum absolute atomic E-state index is 5.95. The van der Waals surface area contributed by atoms with Crippen molar-refractivity contribution in [1.82, 2.24) is 5.32 Å². The molecule has 0 amide bonds. The van der Waals surface area contributed by atoms with Gasteiger partial charge in [-0.2, -0.15) is 0 Å². The molecule has 0 radical (unpaired) electrons. The van der Waals surface area contributed by atoms with Crippen LogP contribution in [0.1, 0.15) is 65.7 Å². The quantitative estimate of drug-likeness (QED) is 0.549. The molecule has 0 fully saturated rings. The molecule has 0 aromatic heterocycles. The summed E-state index contributed by atoms with van der Waals surface area (Å²) >= 11 is 0. The summed E-state index contributed by atoms with van der Waals surface area (Å²) in [7, 11) is 0. The Hall–Kier alpha value is -0.0800. The maximum atomic E-state index is 5.95. The third-order valence-electron chi connectivity index (χ3n) is 2.91. The predicted molar refractivity (Wildman–Crippen MR) is 69.1 cm³/mol. The van der Waals surface area contributed by atoms with E-state index in [1.54, 1.807) is 0 Å². The Morgan fingerprint density at radius 1 is 1.00 bits per heavy atom. The zero-order valence-electron chi connectivity index (χ0n) is 10.9. The van der Waals surface area contributed by atoms with Gasteiger partial charge in [0.2, 0.25) is 0 Å². The lowest BCUT2D eigenvalue weighted by molar-refractivity contribution is 0.456. The van der Waals surface area contributed by atoms with Crippen molar-refractivity contribution in [2.75, 3.05) is 6.54 Å². The molecule has 0 aromatic carbocycles. The molecule has 2 atom stereocenters. The minimum Gasteiger partial charge on any atom is -0.328 e. The van der Waals surface area contributed by atoms with Gasteiger partial charge >= 0.3 is 0 Å². The summed E-state index contributed by atoms with van der Waals surface area (Å²) in [6, 6.07) is 1.05. The summed E-state index contributed by atoms with van der Waals surface area (Å²) in [6.07, 6.45) is 8.81. The van der Waals surface area contributed by atoms with E-state index in [0.717, 1.165) is 19.4 Å². The zero-order chi connectivity index (χ0) is 11.5. The van der Waals surface area contributed by atoms with Crippen LogP contribution in [0.5, 0.6) is 0 Å². The zero-order valence-corrected chi connectivity index (χ0v) is 10.9. The fourth-order valence-corrected chi connectivity index (χ4v) is 1.83. The Bertz CT molecular complexity index is 126. The predicted octanol–water partition coefficient (Wildman–Crippen LogP) is 3.06. The first kappa shape index (κ1) is 14.9. The third-order valence-corrected chi connectivity index (χ3v) is 2.91. The van der Waals surface area contributed by atoms with Gasteiger partial charge in [-0.25, -0.2) is 0 Å². The highest BCUT2D eigenvalue weighted by molar-refractivity contribution is 4.65. The van der Waals surface area contributed by atoms with Gasteiger partial charge in [0, 0.05) is 12.1 Å². The fraction of sp³-hybridized carbons (Fsp3) is 1.00. The second-order valence-electron chi connectivity index (χ2n) is 4.69. The van der Waals surface area contributed by atoms with Crippen molar-refractivity contribution in [3.63, 3.8) is 0 Å². The normalized spacial score (nSPS) is 15.2. The third kappa shape index (κ3) is 10.2. The van der Waals surface area contributed by atoms with E-state index in [2.05, 4.69) is 26.1 Å². The van der Waals surface area contributed by atoms with Crippen LogP contribution < -0.4 is 11.1 Å². The highest BCUT2D eigenvalue weighted by Crippen LogP contribution is 2.03. The monoisotopic (exact) mass is 214 g/mol. The van der Waals surface area contributed by atoms with Crippen molar-refractivity contribution in [3.05, 3.63) is 0 Å². The first-order chi connectivity index (χ1) is 7.20. The summed E-state index contributed by atoms with van der Waals surface area (Å²) in [5, 5.41) is 3.55. The highest BCUT2D eigenvalue weighted by atomic mass is 14.9. The largest absolute Gasteiger partial charge is 0.328 e. The van der Waals surface area contributed by atoms with Crippen molar-refractivity contribution in [2.24, 2.45) is 5.73 Å². The molecule has 0 aliphatic carbocycles. The van der Waals surface area contributed by atoms with Gasteiger partial charge in [-0.3, -0.25) is 0 Å². The van der Waals surface area contributed by atoms with Crippen LogP contribution in [0.25, 0.3) is 0 Å². The van der Waals surface area contributed by atoms with Gasteiger partial charge in [0.25, 0.3) is 0 Å². The number of hydrogen-bond acceptors (Lipinski definition) is 2. The van der Waals surface area contributed by atoms with Gasteiger partial charge < -0.3 is 11.1 Å². The van der Waals surface area contributed by atoms with Crippen molar-refractivity contribution in [2.45, 2.75) is 77.8 Å². The number of nitrogens with one attached hydrogen (secondary N) is 1. The smallest absolute Gasteiger partial charge is 0.00508 e. The van der Waals surface area contributed by atoms with Crippen molar-refractivity contribution in [1.29, 1.82) is 0 Å². The molecule has 0 bridgehead atoms. The van der Waals surface area contributed by atoms with Gasteiger partial charge in [0.05, 0.1) is 0 Å². The molecule has 0 heterocycles. The van der Waals surface area contributed by atoms with Crippen LogP contribution in [0.3, 0.4) is 0 Å². The Labute approximate surface area is 96.0 Å². The second-order valence-corrected chi connectivity index (χ2v) is 4.69. The minimum atomic E-state index is 0.394. The van der Waals surface area contributed by atoms with Crippen LogP contribution >= 0.6 is 0 Å². The van der Waals surface area contributed by atoms with Crippen molar-refractivity contribution in [3.8, 4) is 0 Å². The van der Waals surface area contributed by atoms with E-state index < -0.39 is 0 Å². The first-order valence-electron chi connectivity index (χ1n) is 6.69. The summed E-state index contributed by atoms with van der Waals surface area (Å²) < 4.78 is 0. The van der Waals surface area contributed by atoms with Gasteiger partial charge in [-0.1, -0.05) is 39.5 Å². The highest BCUT2D eigenvalue weighted by Gasteiger charge is 2.03. The number of nitrogens with two attached hydrogens (primary N) is 1. The van der Waals surface area contributed by atoms with Crippen molar-refractivity contribution >= 4 is 0 Å². The van der Waals surface area contributed by atoms with Crippen LogP contribution in [0.4, 0.5) is 0 Å². The van der Waals surface area contributed by atoms with Crippen LogP contribution in [0, 0.1) is 0 Å². The van der Waals surface area contributed by atoms with Gasteiger partial charge in [0.15, 0.2) is 0 Å². The Morgan fingerprint density at radius 3 is 2.33 bits per heavy atom. The maximum Gasteiger partial charge on any atom is 0.00508 e. The van der Waals surface area contributed by atoms with Crippen LogP contribution in [0.15, 0.2) is 0 Å². The van der Waals surface area contributed by atoms with Gasteiger partial charge in [-0.05, 0) is 32.7 Å². The van der Waals surface area contributed by atoms with Crippen LogP contribution in [-0.4, -0.2) is 18.6 Å². The molecule has 0 spiro atoms. The van der Waals surface area contributed by atoms with E-state index in [-0.39, 0.29) is 0 Å². The van der Waals surface area contributed by atoms with E-state index in [0.29, 0.717) is 12.1 Å². The lowest BCUT2D eigenvalue weighted by Crippen LogP contribution is -2.31. The molecule has 0 saturated carbocycles. The lowest BCUT2D eigenvalue weighted by Gasteiger charge is -2.15. The number of rotatable bonds is 10. The molecule has 3 N–H and O–H groups in total. The molecule has 15 heavy (non-hydrogen) atoms. The minimum absolute atomic E-state index is 0.394. The molecule has 92 valence electrons. The first-order valence-corrected chi connectivity index (χ1v) is 6.69. The number of unbranched alkanes of at least 4 members (excludes halogenated alkanes) is 2. The SMILES string of the molecule is CCCCCC(C)NCCC(N)CCC. The molecule has 2 heteroatoms. The average molecular weight is 214 g/mol. The van der Waals surface area contributed by atoms with Crippen LogP contribution in [0.2, 0.25) is 0 Å². The second kappa shape index (κ2) is 10.4. The summed E-state index contributed by atoms with van der Waals surface area (Å²) in [4.78, 5) is 0. The lowest BCUT2D eigenvalue weighted by atomic mass is 10.1. The van der Waals surface area contributed by atoms with E-state index in [9.17, 15) is 0 Å². The Balaban J connectivity index is 3.26. The molecule has 0 rings (SSSR count). The van der Waals surface area contributed by atoms with E-state index in [1.165, 1.54) is 32.1 Å². The van der Waals surface area contributed by atoms with Gasteiger partial charge in [0.1, 0.15) is 0 Å². The Morgan fingerprint density at radius 2 is 1.73 bits per heavy atom. The van der Waals surface area contributed by atoms with E-state index in [4.69, 9.17) is 5.73 Å². The molecular weight excluding hydrogens is 184 g/mol. The van der Waals surface area contributed by atoms with Crippen molar-refractivity contribution < 1.29 is 0 Å². The molecular formula is C13H30N2. The number of hydrogen-bond donors (Lipinski definition) is 2. The van der Waals surface area contributed by atoms with E-state index in [1.807, 2.05) is 0 Å². The van der Waals surface area contributed by atoms with E-state index >= 15 is 0 Å². The molecule has 0 aliphatic rings. The Kier molecular flexibility index (Phi) is 10.4.